The summed E-state index contributed by atoms with van der Waals surface area (Å²) in [5, 5.41) is 3.57. The number of hydrogen-bond donors (Lipinski definition) is 2. The maximum absolute atomic E-state index is 4.80. The fraction of sp³-hybridized carbons (Fsp3) is 0.278. The molecule has 0 saturated heterocycles. The van der Waals surface area contributed by atoms with Gasteiger partial charge in [0.25, 0.3) is 0 Å². The lowest BCUT2D eigenvalue weighted by molar-refractivity contribution is 0.447. The first-order valence-electron chi connectivity index (χ1n) is 8.03. The van der Waals surface area contributed by atoms with E-state index in [2.05, 4.69) is 32.4 Å². The zero-order valence-corrected chi connectivity index (χ0v) is 12.9. The molecule has 5 heteroatoms. The summed E-state index contributed by atoms with van der Waals surface area (Å²) in [6, 6.07) is 10.5. The number of aryl methyl sites for hydroxylation is 1. The van der Waals surface area contributed by atoms with Crippen LogP contribution >= 0.6 is 0 Å². The van der Waals surface area contributed by atoms with E-state index in [1.165, 1.54) is 11.3 Å². The van der Waals surface area contributed by atoms with Crippen LogP contribution in [0, 0.1) is 0 Å². The van der Waals surface area contributed by atoms with Crippen LogP contribution in [0.15, 0.2) is 48.9 Å². The van der Waals surface area contributed by atoms with Crippen LogP contribution in [0.3, 0.4) is 0 Å². The molecule has 0 amide bonds. The molecule has 0 saturated carbocycles. The molecule has 3 aromatic rings. The first-order chi connectivity index (χ1) is 11.4. The van der Waals surface area contributed by atoms with Crippen molar-refractivity contribution in [3.05, 3.63) is 66.0 Å². The minimum absolute atomic E-state index is 0.300. The van der Waals surface area contributed by atoms with E-state index >= 15 is 0 Å². The molecule has 1 aliphatic carbocycles. The molecule has 23 heavy (non-hydrogen) atoms. The summed E-state index contributed by atoms with van der Waals surface area (Å²) < 4.78 is 0. The highest BCUT2D eigenvalue weighted by atomic mass is 15.0. The Labute approximate surface area is 135 Å². The smallest absolute Gasteiger partial charge is 0.159 e. The third kappa shape index (κ3) is 3.00. The fourth-order valence-electron chi connectivity index (χ4n) is 3.10. The lowest BCUT2D eigenvalue weighted by atomic mass is 9.92. The van der Waals surface area contributed by atoms with Crippen molar-refractivity contribution in [2.24, 2.45) is 0 Å². The van der Waals surface area contributed by atoms with Crippen LogP contribution in [0.25, 0.3) is 11.4 Å². The molecular formula is C18H19N5. The Hall–Kier alpha value is -2.53. The van der Waals surface area contributed by atoms with Crippen LogP contribution in [0.4, 0.5) is 0 Å². The van der Waals surface area contributed by atoms with Gasteiger partial charge in [0.2, 0.25) is 0 Å². The molecule has 1 aromatic carbocycles. The summed E-state index contributed by atoms with van der Waals surface area (Å²) in [6.07, 6.45) is 8.90. The SMILES string of the molecule is c1ccc(-c2ncc3c(n2)CCC[C@H]3NCc2ncc[nH]2)cc1. The molecule has 1 aliphatic rings. The second-order valence-corrected chi connectivity index (χ2v) is 5.82. The van der Waals surface area contributed by atoms with Crippen molar-refractivity contribution in [1.29, 1.82) is 0 Å². The first kappa shape index (κ1) is 14.1. The molecule has 0 spiro atoms. The third-order valence-corrected chi connectivity index (χ3v) is 4.28. The molecule has 116 valence electrons. The summed E-state index contributed by atoms with van der Waals surface area (Å²) in [5.74, 6) is 1.77. The van der Waals surface area contributed by atoms with Crippen molar-refractivity contribution in [3.8, 4) is 11.4 Å². The molecule has 5 nitrogen and oxygen atoms in total. The van der Waals surface area contributed by atoms with Gasteiger partial charge in [0.15, 0.2) is 5.82 Å². The molecule has 2 heterocycles. The molecule has 4 rings (SSSR count). The Morgan fingerprint density at radius 3 is 2.91 bits per heavy atom. The van der Waals surface area contributed by atoms with Gasteiger partial charge in [0.1, 0.15) is 5.82 Å². The number of benzene rings is 1. The van der Waals surface area contributed by atoms with Crippen LogP contribution in [0.5, 0.6) is 0 Å². The number of aromatic amines is 1. The van der Waals surface area contributed by atoms with Gasteiger partial charge in [-0.05, 0) is 19.3 Å². The molecule has 0 fully saturated rings. The summed E-state index contributed by atoms with van der Waals surface area (Å²) >= 11 is 0. The van der Waals surface area contributed by atoms with Crippen LogP contribution < -0.4 is 5.32 Å². The zero-order chi connectivity index (χ0) is 15.5. The van der Waals surface area contributed by atoms with Gasteiger partial charge in [0, 0.05) is 41.5 Å². The van der Waals surface area contributed by atoms with E-state index in [4.69, 9.17) is 4.98 Å². The predicted molar refractivity (Wildman–Crippen MR) is 88.6 cm³/mol. The maximum atomic E-state index is 4.80. The van der Waals surface area contributed by atoms with E-state index in [1.54, 1.807) is 6.20 Å². The summed E-state index contributed by atoms with van der Waals surface area (Å²) in [7, 11) is 0. The minimum atomic E-state index is 0.300. The van der Waals surface area contributed by atoms with Gasteiger partial charge in [-0.1, -0.05) is 30.3 Å². The summed E-state index contributed by atoms with van der Waals surface area (Å²) in [6.45, 7) is 0.734. The summed E-state index contributed by atoms with van der Waals surface area (Å²) in [4.78, 5) is 16.8. The van der Waals surface area contributed by atoms with Gasteiger partial charge in [0.05, 0.1) is 6.54 Å². The molecule has 0 bridgehead atoms. The van der Waals surface area contributed by atoms with Crippen molar-refractivity contribution < 1.29 is 0 Å². The maximum Gasteiger partial charge on any atom is 0.159 e. The van der Waals surface area contributed by atoms with E-state index in [9.17, 15) is 0 Å². The van der Waals surface area contributed by atoms with Crippen LogP contribution in [0.1, 0.15) is 36.0 Å². The molecular weight excluding hydrogens is 286 g/mol. The van der Waals surface area contributed by atoms with Gasteiger partial charge in [-0.15, -0.1) is 0 Å². The molecule has 0 radical (unpaired) electrons. The van der Waals surface area contributed by atoms with E-state index in [0.717, 1.165) is 43.0 Å². The number of rotatable bonds is 4. The van der Waals surface area contributed by atoms with Gasteiger partial charge in [-0.3, -0.25) is 0 Å². The van der Waals surface area contributed by atoms with Crippen molar-refractivity contribution in [2.75, 3.05) is 0 Å². The van der Waals surface area contributed by atoms with Crippen LogP contribution in [-0.4, -0.2) is 19.9 Å². The van der Waals surface area contributed by atoms with Gasteiger partial charge in [-0.2, -0.15) is 0 Å². The predicted octanol–water partition coefficient (Wildman–Crippen LogP) is 3.03. The minimum Gasteiger partial charge on any atom is -0.348 e. The van der Waals surface area contributed by atoms with E-state index in [0.29, 0.717) is 6.04 Å². The van der Waals surface area contributed by atoms with E-state index in [1.807, 2.05) is 30.6 Å². The first-order valence-corrected chi connectivity index (χ1v) is 8.03. The Kier molecular flexibility index (Phi) is 3.86. The van der Waals surface area contributed by atoms with Crippen molar-refractivity contribution in [2.45, 2.75) is 31.8 Å². The topological polar surface area (TPSA) is 66.5 Å². The third-order valence-electron chi connectivity index (χ3n) is 4.28. The van der Waals surface area contributed by atoms with E-state index in [-0.39, 0.29) is 0 Å². The largest absolute Gasteiger partial charge is 0.348 e. The number of imidazole rings is 1. The average Bonchev–Trinajstić information content (AvgIpc) is 3.14. The highest BCUT2D eigenvalue weighted by molar-refractivity contribution is 5.55. The molecule has 0 unspecified atom stereocenters. The van der Waals surface area contributed by atoms with Gasteiger partial charge in [-0.25, -0.2) is 15.0 Å². The van der Waals surface area contributed by atoms with Crippen molar-refractivity contribution >= 4 is 0 Å². The number of fused-ring (bicyclic) bond motifs is 1. The second kappa shape index (κ2) is 6.30. The zero-order valence-electron chi connectivity index (χ0n) is 12.9. The number of nitrogens with zero attached hydrogens (tertiary/aromatic N) is 3. The number of H-pyrrole nitrogens is 1. The molecule has 0 aliphatic heterocycles. The number of hydrogen-bond acceptors (Lipinski definition) is 4. The Balaban J connectivity index is 1.56. The van der Waals surface area contributed by atoms with Crippen molar-refractivity contribution in [3.63, 3.8) is 0 Å². The van der Waals surface area contributed by atoms with Gasteiger partial charge < -0.3 is 10.3 Å². The Bertz CT molecular complexity index is 767. The number of aromatic nitrogens is 4. The highest BCUT2D eigenvalue weighted by Crippen LogP contribution is 2.29. The number of nitrogens with one attached hydrogen (secondary N) is 2. The summed E-state index contributed by atoms with van der Waals surface area (Å²) in [5.41, 5.74) is 3.46. The standard InChI is InChI=1S/C18H19N5/c1-2-5-13(6-3-1)18-22-11-14-15(7-4-8-16(14)23-18)21-12-17-19-9-10-20-17/h1-3,5-6,9-11,15,21H,4,7-8,12H2,(H,19,20)/t15-/m1/s1. The molecule has 2 N–H and O–H groups in total. The average molecular weight is 305 g/mol. The lowest BCUT2D eigenvalue weighted by Gasteiger charge is -2.25. The monoisotopic (exact) mass is 305 g/mol. The molecule has 2 aromatic heterocycles. The fourth-order valence-corrected chi connectivity index (χ4v) is 3.10. The Morgan fingerprint density at radius 1 is 1.17 bits per heavy atom. The quantitative estimate of drug-likeness (QED) is 0.777. The van der Waals surface area contributed by atoms with E-state index < -0.39 is 0 Å². The lowest BCUT2D eigenvalue weighted by Crippen LogP contribution is -2.26. The molecule has 1 atom stereocenters. The van der Waals surface area contributed by atoms with Crippen molar-refractivity contribution in [1.82, 2.24) is 25.3 Å². The highest BCUT2D eigenvalue weighted by Gasteiger charge is 2.22. The van der Waals surface area contributed by atoms with Gasteiger partial charge >= 0.3 is 0 Å². The second-order valence-electron chi connectivity index (χ2n) is 5.82. The van der Waals surface area contributed by atoms with Crippen LogP contribution in [0.2, 0.25) is 0 Å². The normalized spacial score (nSPS) is 17.0. The van der Waals surface area contributed by atoms with Crippen LogP contribution in [-0.2, 0) is 13.0 Å². The Morgan fingerprint density at radius 2 is 2.09 bits per heavy atom.